The SMILES string of the molecule is COC(=O)N[C@@H](C)C(=O)N1CCC[C@H]1C1NC=C(c2ccc3cc(-c4ccc(-c5cnc([C@@H]6CCCN6C(=O)OCc6ccccc6)[nH]5)cc4)ccc3c2)N1. The second-order valence-electron chi connectivity index (χ2n) is 14.4. The second kappa shape index (κ2) is 15.6. The molecule has 4 atom stereocenters. The lowest BCUT2D eigenvalue weighted by Gasteiger charge is -2.32. The molecule has 1 aromatic heterocycles. The highest BCUT2D eigenvalue weighted by molar-refractivity contribution is 5.90. The summed E-state index contributed by atoms with van der Waals surface area (Å²) in [6, 6.07) is 30.2. The predicted molar refractivity (Wildman–Crippen MR) is 210 cm³/mol. The quantitative estimate of drug-likeness (QED) is 0.128. The number of alkyl carbamates (subject to hydrolysis) is 1. The van der Waals surface area contributed by atoms with Crippen molar-refractivity contribution >= 4 is 34.6 Å². The van der Waals surface area contributed by atoms with Gasteiger partial charge in [-0.25, -0.2) is 14.6 Å². The molecule has 0 bridgehead atoms. The number of amides is 3. The van der Waals surface area contributed by atoms with Crippen molar-refractivity contribution in [3.63, 3.8) is 0 Å². The first kappa shape index (κ1) is 35.7. The molecule has 12 nitrogen and oxygen atoms in total. The minimum atomic E-state index is -0.672. The fourth-order valence-electron chi connectivity index (χ4n) is 7.92. The topological polar surface area (TPSA) is 141 Å². The summed E-state index contributed by atoms with van der Waals surface area (Å²) in [4.78, 5) is 49.6. The number of likely N-dealkylation sites (tertiary alicyclic amines) is 2. The van der Waals surface area contributed by atoms with Crippen LogP contribution in [-0.2, 0) is 20.9 Å². The van der Waals surface area contributed by atoms with Gasteiger partial charge >= 0.3 is 12.2 Å². The van der Waals surface area contributed by atoms with Gasteiger partial charge < -0.3 is 35.3 Å². The monoisotopic (exact) mass is 739 g/mol. The Morgan fingerprint density at radius 2 is 1.55 bits per heavy atom. The van der Waals surface area contributed by atoms with Crippen LogP contribution in [0.1, 0.15) is 55.6 Å². The van der Waals surface area contributed by atoms with E-state index < -0.39 is 12.1 Å². The molecule has 12 heteroatoms. The smallest absolute Gasteiger partial charge is 0.410 e. The van der Waals surface area contributed by atoms with Gasteiger partial charge in [0.25, 0.3) is 0 Å². The number of carbonyl (C=O) groups excluding carboxylic acids is 3. The number of nitrogens with zero attached hydrogens (tertiary/aromatic N) is 3. The van der Waals surface area contributed by atoms with Crippen molar-refractivity contribution in [1.82, 2.24) is 35.7 Å². The maximum absolute atomic E-state index is 13.2. The number of nitrogens with one attached hydrogen (secondary N) is 4. The van der Waals surface area contributed by atoms with Crippen LogP contribution in [-0.4, -0.2) is 76.3 Å². The maximum atomic E-state index is 13.2. The number of hydrogen-bond acceptors (Lipinski definition) is 8. The third-order valence-electron chi connectivity index (χ3n) is 10.9. The van der Waals surface area contributed by atoms with Gasteiger partial charge in [-0.1, -0.05) is 78.9 Å². The zero-order chi connectivity index (χ0) is 37.9. The molecule has 0 saturated carbocycles. The van der Waals surface area contributed by atoms with E-state index in [1.165, 1.54) is 7.11 Å². The average molecular weight is 740 g/mol. The molecule has 0 radical (unpaired) electrons. The van der Waals surface area contributed by atoms with Gasteiger partial charge in [-0.05, 0) is 83.3 Å². The van der Waals surface area contributed by atoms with Gasteiger partial charge in [0.15, 0.2) is 0 Å². The molecule has 4 heterocycles. The minimum Gasteiger partial charge on any atom is -0.453 e. The molecule has 2 saturated heterocycles. The number of aromatic amines is 1. The Balaban J connectivity index is 0.894. The van der Waals surface area contributed by atoms with E-state index in [1.807, 2.05) is 47.6 Å². The van der Waals surface area contributed by atoms with Crippen LogP contribution in [0.15, 0.2) is 103 Å². The molecule has 8 rings (SSSR count). The summed E-state index contributed by atoms with van der Waals surface area (Å²) >= 11 is 0. The highest BCUT2D eigenvalue weighted by atomic mass is 16.6. The van der Waals surface area contributed by atoms with Gasteiger partial charge in [-0.3, -0.25) is 9.69 Å². The van der Waals surface area contributed by atoms with E-state index in [2.05, 4.69) is 91.3 Å². The minimum absolute atomic E-state index is 0.0494. The van der Waals surface area contributed by atoms with Crippen molar-refractivity contribution in [2.24, 2.45) is 0 Å². The van der Waals surface area contributed by atoms with Gasteiger partial charge in [0, 0.05) is 19.3 Å². The summed E-state index contributed by atoms with van der Waals surface area (Å²) in [5.41, 5.74) is 7.14. The third-order valence-corrected chi connectivity index (χ3v) is 10.9. The number of H-pyrrole nitrogens is 1. The predicted octanol–water partition coefficient (Wildman–Crippen LogP) is 6.92. The van der Waals surface area contributed by atoms with E-state index in [9.17, 15) is 14.4 Å². The number of methoxy groups -OCH3 is 1. The lowest BCUT2D eigenvalue weighted by Crippen LogP contribution is -2.55. The van der Waals surface area contributed by atoms with Gasteiger partial charge in [0.1, 0.15) is 24.6 Å². The van der Waals surface area contributed by atoms with Crippen LogP contribution in [0.3, 0.4) is 0 Å². The van der Waals surface area contributed by atoms with Crippen LogP contribution in [0.2, 0.25) is 0 Å². The molecule has 0 spiro atoms. The number of hydrogen-bond donors (Lipinski definition) is 4. The fourth-order valence-corrected chi connectivity index (χ4v) is 7.92. The zero-order valence-electron chi connectivity index (χ0n) is 31.0. The normalized spacial score (nSPS) is 19.7. The molecule has 3 aliphatic rings. The Hall–Kier alpha value is -6.30. The Morgan fingerprint density at radius 3 is 2.33 bits per heavy atom. The number of benzene rings is 4. The first-order valence-corrected chi connectivity index (χ1v) is 18.9. The van der Waals surface area contributed by atoms with E-state index >= 15 is 0 Å². The molecule has 2 fully saturated rings. The van der Waals surface area contributed by atoms with Gasteiger partial charge in [-0.2, -0.15) is 0 Å². The van der Waals surface area contributed by atoms with Crippen molar-refractivity contribution in [2.75, 3.05) is 20.2 Å². The van der Waals surface area contributed by atoms with Crippen molar-refractivity contribution in [1.29, 1.82) is 0 Å². The molecule has 4 N–H and O–H groups in total. The molecule has 0 aliphatic carbocycles. The molecule has 4 aromatic carbocycles. The Kier molecular flexibility index (Phi) is 10.1. The molecule has 1 unspecified atom stereocenters. The number of carbonyl (C=O) groups is 3. The molecule has 3 amide bonds. The Bertz CT molecular complexity index is 2220. The zero-order valence-corrected chi connectivity index (χ0v) is 31.0. The Morgan fingerprint density at radius 1 is 0.855 bits per heavy atom. The molecule has 3 aliphatic heterocycles. The van der Waals surface area contributed by atoms with Crippen LogP contribution in [0, 0.1) is 0 Å². The summed E-state index contributed by atoms with van der Waals surface area (Å²) < 4.78 is 10.3. The average Bonchev–Trinajstić information content (AvgIpc) is 4.07. The summed E-state index contributed by atoms with van der Waals surface area (Å²) in [6.07, 6.45) is 6.24. The largest absolute Gasteiger partial charge is 0.453 e. The molecular weight excluding hydrogens is 695 g/mol. The van der Waals surface area contributed by atoms with Crippen molar-refractivity contribution < 1.29 is 23.9 Å². The van der Waals surface area contributed by atoms with Crippen LogP contribution >= 0.6 is 0 Å². The van der Waals surface area contributed by atoms with Crippen molar-refractivity contribution in [3.05, 3.63) is 120 Å². The highest BCUT2D eigenvalue weighted by Gasteiger charge is 2.38. The van der Waals surface area contributed by atoms with Gasteiger partial charge in [0.05, 0.1) is 36.8 Å². The number of aromatic nitrogens is 2. The molecular formula is C43H45N7O5. The lowest BCUT2D eigenvalue weighted by atomic mass is 9.98. The summed E-state index contributed by atoms with van der Waals surface area (Å²) in [5, 5.41) is 11.9. The van der Waals surface area contributed by atoms with Gasteiger partial charge in [-0.15, -0.1) is 0 Å². The summed E-state index contributed by atoms with van der Waals surface area (Å²) in [6.45, 7) is 3.22. The number of fused-ring (bicyclic) bond motifs is 1. The van der Waals surface area contributed by atoms with E-state index in [0.717, 1.165) is 81.5 Å². The van der Waals surface area contributed by atoms with Crippen LogP contribution < -0.4 is 16.0 Å². The fraction of sp³-hybridized carbons (Fsp3) is 0.302. The van der Waals surface area contributed by atoms with E-state index in [1.54, 1.807) is 11.8 Å². The standard InChI is InChI=1S/C43H45N7O5/c1-27(46-42(52)54-2)41(51)49-20-6-10-37(49)39-45-25-36(48-39)34-19-18-32-22-31(16-17-33(32)23-34)29-12-14-30(15-13-29)35-24-44-40(47-35)38-11-7-21-50(38)43(53)55-26-28-8-4-3-5-9-28/h3-5,8-9,12-19,22-25,27,37-39,45,48H,6-7,10-11,20-21,26H2,1-2H3,(H,44,47)(H,46,52)/t27-,37-,38-,39?/m0/s1. The van der Waals surface area contributed by atoms with Crippen LogP contribution in [0.5, 0.6) is 0 Å². The maximum Gasteiger partial charge on any atom is 0.410 e. The Labute approximate surface area is 319 Å². The number of rotatable bonds is 9. The third kappa shape index (κ3) is 7.57. The summed E-state index contributed by atoms with van der Waals surface area (Å²) in [5.74, 6) is 0.648. The van der Waals surface area contributed by atoms with Crippen molar-refractivity contribution in [2.45, 2.75) is 63.5 Å². The second-order valence-corrected chi connectivity index (χ2v) is 14.4. The first-order valence-electron chi connectivity index (χ1n) is 18.9. The van der Waals surface area contributed by atoms with Gasteiger partial charge in [0.2, 0.25) is 5.91 Å². The molecule has 282 valence electrons. The van der Waals surface area contributed by atoms with Crippen LogP contribution in [0.25, 0.3) is 38.9 Å². The number of ether oxygens (including phenoxy) is 2. The molecule has 55 heavy (non-hydrogen) atoms. The van der Waals surface area contributed by atoms with Crippen molar-refractivity contribution in [3.8, 4) is 22.4 Å². The lowest BCUT2D eigenvalue weighted by molar-refractivity contribution is -0.134. The first-order chi connectivity index (χ1) is 26.8. The van der Waals surface area contributed by atoms with E-state index in [-0.39, 0.29) is 36.9 Å². The highest BCUT2D eigenvalue weighted by Crippen LogP contribution is 2.34. The van der Waals surface area contributed by atoms with E-state index in [0.29, 0.717) is 13.1 Å². The number of imidazole rings is 1. The molecule has 5 aromatic rings. The summed E-state index contributed by atoms with van der Waals surface area (Å²) in [7, 11) is 1.29. The van der Waals surface area contributed by atoms with E-state index in [4.69, 9.17) is 4.74 Å². The van der Waals surface area contributed by atoms with Crippen LogP contribution in [0.4, 0.5) is 9.59 Å².